The Kier molecular flexibility index (Phi) is 15.6. The van der Waals surface area contributed by atoms with E-state index < -0.39 is 38.0 Å². The lowest BCUT2D eigenvalue weighted by molar-refractivity contribution is -0.171. The molecular formula is C36H47N4O11P. The van der Waals surface area contributed by atoms with E-state index >= 15 is 0 Å². The van der Waals surface area contributed by atoms with Crippen LogP contribution in [-0.2, 0) is 23.7 Å². The molecule has 0 bridgehead atoms. The zero-order valence-electron chi connectivity index (χ0n) is 29.6. The van der Waals surface area contributed by atoms with Crippen LogP contribution in [0.1, 0.15) is 73.8 Å². The third kappa shape index (κ3) is 11.3. The number of hydrogen-bond acceptors (Lipinski definition) is 11. The van der Waals surface area contributed by atoms with Crippen LogP contribution >= 0.6 is 8.25 Å². The van der Waals surface area contributed by atoms with Crippen molar-refractivity contribution in [3.05, 3.63) is 65.9 Å². The van der Waals surface area contributed by atoms with Gasteiger partial charge in [0.1, 0.15) is 17.3 Å². The van der Waals surface area contributed by atoms with Gasteiger partial charge in [-0.3, -0.25) is 14.4 Å². The number of furan rings is 1. The van der Waals surface area contributed by atoms with E-state index in [4.69, 9.17) is 23.3 Å². The fourth-order valence-electron chi connectivity index (χ4n) is 5.87. The molecule has 1 aromatic heterocycles. The molecule has 52 heavy (non-hydrogen) atoms. The molecule has 2 heterocycles. The van der Waals surface area contributed by atoms with Gasteiger partial charge in [-0.05, 0) is 68.3 Å². The summed E-state index contributed by atoms with van der Waals surface area (Å²) in [6.07, 6.45) is 3.61. The van der Waals surface area contributed by atoms with Crippen molar-refractivity contribution >= 4 is 38.1 Å². The number of amides is 3. The maximum Gasteiger partial charge on any atom is 0.365 e. The predicted molar refractivity (Wildman–Crippen MR) is 192 cm³/mol. The minimum absolute atomic E-state index is 0.0489. The number of rotatable bonds is 20. The number of ether oxygens (including phenoxy) is 2. The second-order valence-corrected chi connectivity index (χ2v) is 12.7. The van der Waals surface area contributed by atoms with Gasteiger partial charge < -0.3 is 43.7 Å². The number of carbonyl (C=O) groups excluding carboxylic acids is 4. The van der Waals surface area contributed by atoms with Crippen LogP contribution in [0.15, 0.2) is 59.0 Å². The molecule has 3 amide bonds. The molecule has 0 saturated carbocycles. The molecule has 0 spiro atoms. The number of hydrogen-bond donors (Lipinski definition) is 3. The standard InChI is InChI=1S/C36H47N4O11P/c1-4-7-8-9-30(31(5-2)40(24-41)50-36(44)25-10-12-27(13-11-25)39-16-18-47-19-17-39)34(42)37-23-38-35(43)33-15-14-32(49-33)26-20-28(48-6-3)22-29(21-26)51-52(45)46/h10-15,20-22,24,30-31,52H,4-9,16-19,23H2,1-3H3,(H,37,42)(H,38,43)(H,45,46). The topological polar surface area (TPSA) is 186 Å². The summed E-state index contributed by atoms with van der Waals surface area (Å²) in [6, 6.07) is 13.7. The summed E-state index contributed by atoms with van der Waals surface area (Å²) in [4.78, 5) is 68.8. The Morgan fingerprint density at radius 1 is 1.00 bits per heavy atom. The molecule has 0 radical (unpaired) electrons. The summed E-state index contributed by atoms with van der Waals surface area (Å²) in [5.41, 5.74) is 1.65. The van der Waals surface area contributed by atoms with Crippen LogP contribution in [0.2, 0.25) is 0 Å². The monoisotopic (exact) mass is 742 g/mol. The largest absolute Gasteiger partial charge is 0.494 e. The van der Waals surface area contributed by atoms with Gasteiger partial charge in [0.25, 0.3) is 5.91 Å². The van der Waals surface area contributed by atoms with Gasteiger partial charge >= 0.3 is 14.2 Å². The molecule has 1 aliphatic heterocycles. The van der Waals surface area contributed by atoms with E-state index in [0.29, 0.717) is 56.8 Å². The van der Waals surface area contributed by atoms with E-state index in [-0.39, 0.29) is 29.5 Å². The van der Waals surface area contributed by atoms with Crippen molar-refractivity contribution in [2.75, 3.05) is 44.5 Å². The lowest BCUT2D eigenvalue weighted by Gasteiger charge is -2.32. The molecule has 4 rings (SSSR count). The van der Waals surface area contributed by atoms with Gasteiger partial charge in [0.05, 0.1) is 44.0 Å². The lowest BCUT2D eigenvalue weighted by Crippen LogP contribution is -2.49. The van der Waals surface area contributed by atoms with Crippen molar-refractivity contribution in [2.45, 2.75) is 58.9 Å². The number of morpholine rings is 1. The first-order chi connectivity index (χ1) is 25.2. The number of hydroxylamine groups is 2. The third-order valence-corrected chi connectivity index (χ3v) is 8.87. The van der Waals surface area contributed by atoms with Crippen LogP contribution < -0.4 is 24.8 Å². The normalized spacial score (nSPS) is 14.4. The first-order valence-corrected chi connectivity index (χ1v) is 18.7. The van der Waals surface area contributed by atoms with Crippen LogP contribution in [0.5, 0.6) is 11.5 Å². The fraction of sp³-hybridized carbons (Fsp3) is 0.444. The summed E-state index contributed by atoms with van der Waals surface area (Å²) in [5.74, 6) is -1.81. The van der Waals surface area contributed by atoms with E-state index in [2.05, 4.69) is 15.5 Å². The van der Waals surface area contributed by atoms with Crippen molar-refractivity contribution in [1.29, 1.82) is 0 Å². The zero-order valence-corrected chi connectivity index (χ0v) is 30.6. The smallest absolute Gasteiger partial charge is 0.365 e. The molecule has 282 valence electrons. The fourth-order valence-corrected chi connectivity index (χ4v) is 6.19. The first kappa shape index (κ1) is 39.9. The molecule has 1 fully saturated rings. The highest BCUT2D eigenvalue weighted by Crippen LogP contribution is 2.34. The Hall–Kier alpha value is -4.85. The Morgan fingerprint density at radius 3 is 2.38 bits per heavy atom. The van der Waals surface area contributed by atoms with Gasteiger partial charge in [0.15, 0.2) is 5.76 Å². The van der Waals surface area contributed by atoms with E-state index in [1.54, 1.807) is 38.1 Å². The molecular weight excluding hydrogens is 695 g/mol. The van der Waals surface area contributed by atoms with Crippen LogP contribution in [0.25, 0.3) is 11.3 Å². The van der Waals surface area contributed by atoms with Crippen molar-refractivity contribution in [2.24, 2.45) is 5.92 Å². The maximum absolute atomic E-state index is 13.6. The average Bonchev–Trinajstić information content (AvgIpc) is 3.65. The molecule has 0 aliphatic carbocycles. The second kappa shape index (κ2) is 20.3. The highest BCUT2D eigenvalue weighted by atomic mass is 31.1. The van der Waals surface area contributed by atoms with Crippen LogP contribution in [0.4, 0.5) is 5.69 Å². The number of anilines is 1. The highest BCUT2D eigenvalue weighted by molar-refractivity contribution is 7.32. The van der Waals surface area contributed by atoms with Gasteiger partial charge in [-0.15, -0.1) is 0 Å². The van der Waals surface area contributed by atoms with E-state index in [0.717, 1.165) is 36.7 Å². The number of unbranched alkanes of at least 4 members (excludes halogenated alkanes) is 2. The van der Waals surface area contributed by atoms with Crippen molar-refractivity contribution in [3.63, 3.8) is 0 Å². The van der Waals surface area contributed by atoms with Gasteiger partial charge in [0.2, 0.25) is 12.3 Å². The number of benzene rings is 2. The van der Waals surface area contributed by atoms with E-state index in [1.807, 2.05) is 19.1 Å². The molecule has 3 atom stereocenters. The molecule has 1 aliphatic rings. The summed E-state index contributed by atoms with van der Waals surface area (Å²) >= 11 is 0. The molecule has 1 saturated heterocycles. The minimum Gasteiger partial charge on any atom is -0.494 e. The van der Waals surface area contributed by atoms with Crippen LogP contribution in [0, 0.1) is 5.92 Å². The summed E-state index contributed by atoms with van der Waals surface area (Å²) in [6.45, 7) is 8.46. The minimum atomic E-state index is -3.27. The average molecular weight is 743 g/mol. The summed E-state index contributed by atoms with van der Waals surface area (Å²) < 4.78 is 32.9. The Labute approximate surface area is 303 Å². The zero-order chi connectivity index (χ0) is 37.5. The maximum atomic E-state index is 13.6. The Balaban J connectivity index is 1.38. The Morgan fingerprint density at radius 2 is 1.73 bits per heavy atom. The molecule has 3 unspecified atom stereocenters. The van der Waals surface area contributed by atoms with Crippen molar-refractivity contribution < 1.29 is 51.9 Å². The molecule has 3 N–H and O–H groups in total. The quantitative estimate of drug-likeness (QED) is 0.0466. The third-order valence-electron chi connectivity index (χ3n) is 8.46. The molecule has 15 nitrogen and oxygen atoms in total. The van der Waals surface area contributed by atoms with Gasteiger partial charge in [-0.25, -0.2) is 9.36 Å². The second-order valence-electron chi connectivity index (χ2n) is 11.9. The van der Waals surface area contributed by atoms with Crippen LogP contribution in [-0.4, -0.2) is 79.8 Å². The molecule has 3 aromatic rings. The molecule has 16 heteroatoms. The SMILES string of the molecule is CCCCCC(C(=O)NCNC(=O)c1ccc(-c2cc(OCC)cc(O[PH](=O)O)c2)o1)C(CC)N(C=O)OC(=O)c1ccc(N2CCOCC2)cc1. The van der Waals surface area contributed by atoms with E-state index in [9.17, 15) is 28.6 Å². The van der Waals surface area contributed by atoms with Gasteiger partial charge in [0, 0.05) is 30.4 Å². The highest BCUT2D eigenvalue weighted by Gasteiger charge is 2.33. The number of nitrogens with one attached hydrogen (secondary N) is 2. The summed E-state index contributed by atoms with van der Waals surface area (Å²) in [7, 11) is -3.27. The summed E-state index contributed by atoms with van der Waals surface area (Å²) in [5, 5.41) is 6.23. The lowest BCUT2D eigenvalue weighted by atomic mass is 9.90. The van der Waals surface area contributed by atoms with Crippen molar-refractivity contribution in [3.8, 4) is 22.8 Å². The first-order valence-electron chi connectivity index (χ1n) is 17.4. The number of nitrogens with zero attached hydrogens (tertiary/aromatic N) is 2. The van der Waals surface area contributed by atoms with Crippen molar-refractivity contribution in [1.82, 2.24) is 15.7 Å². The Bertz CT molecular complexity index is 1660. The van der Waals surface area contributed by atoms with E-state index in [1.165, 1.54) is 18.2 Å². The van der Waals surface area contributed by atoms with Gasteiger partial charge in [-0.2, -0.15) is 5.06 Å². The predicted octanol–water partition coefficient (Wildman–Crippen LogP) is 4.95. The molecule has 2 aromatic carbocycles. The number of carbonyl (C=O) groups is 4. The van der Waals surface area contributed by atoms with Crippen LogP contribution in [0.3, 0.4) is 0 Å². The van der Waals surface area contributed by atoms with Gasteiger partial charge in [-0.1, -0.05) is 33.1 Å².